The van der Waals surface area contributed by atoms with Gasteiger partial charge in [-0.15, -0.1) is 0 Å². The van der Waals surface area contributed by atoms with Crippen LogP contribution in [0, 0.1) is 25.7 Å². The minimum atomic E-state index is -4.52. The van der Waals surface area contributed by atoms with Crippen LogP contribution in [0.25, 0.3) is 28.3 Å². The predicted molar refractivity (Wildman–Crippen MR) is 149 cm³/mol. The van der Waals surface area contributed by atoms with Gasteiger partial charge in [0.25, 0.3) is 20.2 Å². The number of aryl methyl sites for hydroxylation is 2. The number of hydrogen-bond donors (Lipinski definition) is 2. The molecule has 0 saturated heterocycles. The average molecular weight is 545 g/mol. The molecule has 0 fully saturated rings. The lowest BCUT2D eigenvalue weighted by Gasteiger charge is -2.14. The molecule has 4 rings (SSSR count). The quantitative estimate of drug-likeness (QED) is 0.229. The van der Waals surface area contributed by atoms with E-state index in [-0.39, 0.29) is 9.79 Å². The second-order valence-corrected chi connectivity index (χ2v) is 11.4. The number of rotatable bonds is 5. The van der Waals surface area contributed by atoms with Crippen LogP contribution in [0.1, 0.15) is 22.3 Å². The second-order valence-electron chi connectivity index (χ2n) is 8.58. The molecule has 0 spiro atoms. The molecule has 2 N–H and O–H groups in total. The monoisotopic (exact) mass is 544 g/mol. The van der Waals surface area contributed by atoms with Crippen molar-refractivity contribution < 1.29 is 25.9 Å². The number of benzene rings is 4. The van der Waals surface area contributed by atoms with Crippen molar-refractivity contribution in [1.82, 2.24) is 0 Å². The first-order chi connectivity index (χ1) is 18.0. The van der Waals surface area contributed by atoms with Crippen LogP contribution >= 0.6 is 0 Å². The third kappa shape index (κ3) is 5.77. The summed E-state index contributed by atoms with van der Waals surface area (Å²) in [7, 11) is -9.03. The summed E-state index contributed by atoms with van der Waals surface area (Å²) in [5.74, 6) is 5.93. The first-order valence-corrected chi connectivity index (χ1v) is 14.4. The summed E-state index contributed by atoms with van der Waals surface area (Å²) in [6.45, 7) is 3.61. The van der Waals surface area contributed by atoms with E-state index in [4.69, 9.17) is 0 Å². The molecule has 0 aliphatic rings. The van der Waals surface area contributed by atoms with Gasteiger partial charge in [-0.05, 0) is 65.9 Å². The number of allylic oxidation sites excluding steroid dienone is 1. The molecule has 0 aliphatic heterocycles. The summed E-state index contributed by atoms with van der Waals surface area (Å²) in [4.78, 5) is -0.462. The third-order valence-corrected chi connectivity index (χ3v) is 7.80. The van der Waals surface area contributed by atoms with Gasteiger partial charge in [0.05, 0.1) is 0 Å². The Labute approximate surface area is 222 Å². The van der Waals surface area contributed by atoms with Crippen LogP contribution in [0.5, 0.6) is 0 Å². The lowest BCUT2D eigenvalue weighted by molar-refractivity contribution is 0.481. The largest absolute Gasteiger partial charge is 0.295 e. The third-order valence-electron chi connectivity index (χ3n) is 6.01. The zero-order valence-electron chi connectivity index (χ0n) is 20.6. The van der Waals surface area contributed by atoms with Gasteiger partial charge in [-0.25, -0.2) is 0 Å². The van der Waals surface area contributed by atoms with Gasteiger partial charge in [0.15, 0.2) is 0 Å². The van der Waals surface area contributed by atoms with Crippen molar-refractivity contribution in [2.75, 3.05) is 0 Å². The topological polar surface area (TPSA) is 109 Å². The molecular formula is C30H24O6S2. The van der Waals surface area contributed by atoms with E-state index in [1.165, 1.54) is 18.2 Å². The minimum absolute atomic E-state index is 0.218. The molecule has 6 nitrogen and oxygen atoms in total. The summed E-state index contributed by atoms with van der Waals surface area (Å²) in [6.07, 6.45) is 3.19. The van der Waals surface area contributed by atoms with E-state index in [1.54, 1.807) is 85.8 Å². The first kappa shape index (κ1) is 27.0. The highest BCUT2D eigenvalue weighted by molar-refractivity contribution is 7.86. The lowest BCUT2D eigenvalue weighted by Crippen LogP contribution is -2.04. The predicted octanol–water partition coefficient (Wildman–Crippen LogP) is 6.20. The summed E-state index contributed by atoms with van der Waals surface area (Å²) in [5.41, 5.74) is 4.31. The molecule has 0 unspecified atom stereocenters. The minimum Gasteiger partial charge on any atom is -0.282 e. The molecule has 4 aromatic rings. The standard InChI is InChI=1S/C30H24O6S2/c1-21-17-19-27(37(31,32)33)29(23-11-5-3-6-12-23)25(21)15-9-10-16-26-22(2)18-20-28(38(34,35)36)30(26)24-13-7-4-8-14-24/h3-9,11-15,17-20H,1-2H3,(H,31,32,33)(H,34,35,36). The Hall–Kier alpha value is -4.00. The van der Waals surface area contributed by atoms with Gasteiger partial charge in [0, 0.05) is 16.7 Å². The lowest BCUT2D eigenvalue weighted by atomic mass is 9.95. The summed E-state index contributed by atoms with van der Waals surface area (Å²) < 4.78 is 68.4. The maximum absolute atomic E-state index is 12.2. The van der Waals surface area contributed by atoms with E-state index in [2.05, 4.69) is 11.8 Å². The fourth-order valence-electron chi connectivity index (χ4n) is 4.23. The van der Waals surface area contributed by atoms with Crippen molar-refractivity contribution in [2.45, 2.75) is 23.6 Å². The van der Waals surface area contributed by atoms with Crippen molar-refractivity contribution in [3.63, 3.8) is 0 Å². The molecule has 0 aliphatic carbocycles. The molecule has 0 atom stereocenters. The van der Waals surface area contributed by atoms with Crippen LogP contribution in [0.3, 0.4) is 0 Å². The summed E-state index contributed by atoms with van der Waals surface area (Å²) in [6, 6.07) is 23.6. The molecule has 0 saturated carbocycles. The molecular weight excluding hydrogens is 520 g/mol. The van der Waals surface area contributed by atoms with E-state index < -0.39 is 20.2 Å². The van der Waals surface area contributed by atoms with Crippen LogP contribution in [-0.4, -0.2) is 25.9 Å². The average Bonchev–Trinajstić information content (AvgIpc) is 2.87. The Balaban J connectivity index is 1.89. The highest BCUT2D eigenvalue weighted by atomic mass is 32.2. The van der Waals surface area contributed by atoms with Crippen LogP contribution < -0.4 is 0 Å². The number of hydrogen-bond acceptors (Lipinski definition) is 4. The van der Waals surface area contributed by atoms with Gasteiger partial charge >= 0.3 is 0 Å². The Morgan fingerprint density at radius 2 is 1.11 bits per heavy atom. The van der Waals surface area contributed by atoms with E-state index in [0.717, 1.165) is 5.56 Å². The first-order valence-electron chi connectivity index (χ1n) is 11.5. The maximum Gasteiger partial charge on any atom is 0.295 e. The highest BCUT2D eigenvalue weighted by Gasteiger charge is 2.21. The normalized spacial score (nSPS) is 11.8. The van der Waals surface area contributed by atoms with Gasteiger partial charge in [0.1, 0.15) is 9.79 Å². The van der Waals surface area contributed by atoms with Crippen molar-refractivity contribution in [3.8, 4) is 34.1 Å². The summed E-state index contributed by atoms with van der Waals surface area (Å²) in [5, 5.41) is 0. The van der Waals surface area contributed by atoms with E-state index in [0.29, 0.717) is 38.9 Å². The van der Waals surface area contributed by atoms with E-state index in [9.17, 15) is 25.9 Å². The summed E-state index contributed by atoms with van der Waals surface area (Å²) >= 11 is 0. The van der Waals surface area contributed by atoms with Gasteiger partial charge in [-0.3, -0.25) is 9.11 Å². The maximum atomic E-state index is 12.2. The molecule has 192 valence electrons. The van der Waals surface area contributed by atoms with Gasteiger partial charge in [-0.1, -0.05) is 84.6 Å². The van der Waals surface area contributed by atoms with Gasteiger partial charge in [0.2, 0.25) is 0 Å². The fraction of sp³-hybridized carbons (Fsp3) is 0.0667. The van der Waals surface area contributed by atoms with Crippen LogP contribution in [0.15, 0.2) is 101 Å². The van der Waals surface area contributed by atoms with Crippen LogP contribution in [0.4, 0.5) is 0 Å². The Kier molecular flexibility index (Phi) is 7.67. The van der Waals surface area contributed by atoms with Crippen molar-refractivity contribution >= 4 is 26.3 Å². The zero-order chi connectivity index (χ0) is 27.5. The van der Waals surface area contributed by atoms with Gasteiger partial charge < -0.3 is 0 Å². The molecule has 8 heteroatoms. The van der Waals surface area contributed by atoms with Crippen molar-refractivity contribution in [2.24, 2.45) is 0 Å². The van der Waals surface area contributed by atoms with E-state index in [1.807, 2.05) is 6.92 Å². The molecule has 0 bridgehead atoms. The molecule has 0 aromatic heterocycles. The fourth-order valence-corrected chi connectivity index (χ4v) is 5.67. The van der Waals surface area contributed by atoms with Crippen molar-refractivity contribution in [1.29, 1.82) is 0 Å². The Morgan fingerprint density at radius 1 is 0.632 bits per heavy atom. The van der Waals surface area contributed by atoms with Crippen molar-refractivity contribution in [3.05, 3.63) is 113 Å². The smallest absolute Gasteiger partial charge is 0.282 e. The second kappa shape index (κ2) is 10.8. The molecule has 38 heavy (non-hydrogen) atoms. The zero-order valence-corrected chi connectivity index (χ0v) is 22.2. The van der Waals surface area contributed by atoms with Crippen LogP contribution in [0.2, 0.25) is 0 Å². The Bertz CT molecular complexity index is 1810. The Morgan fingerprint density at radius 3 is 1.63 bits per heavy atom. The highest BCUT2D eigenvalue weighted by Crippen LogP contribution is 2.34. The van der Waals surface area contributed by atoms with Gasteiger partial charge in [-0.2, -0.15) is 16.8 Å². The van der Waals surface area contributed by atoms with E-state index >= 15 is 0 Å². The molecule has 0 radical (unpaired) electrons. The molecule has 4 aromatic carbocycles. The SMILES string of the molecule is Cc1ccc(S(=O)(=O)O)c(-c2ccccc2)c1C#CC=Cc1c(C)ccc(S(=O)(=O)O)c1-c1ccccc1. The molecule has 0 amide bonds. The molecule has 0 heterocycles. The van der Waals surface area contributed by atoms with Crippen LogP contribution in [-0.2, 0) is 20.2 Å².